The number of halogens is 3. The number of alkyl halides is 3. The van der Waals surface area contributed by atoms with E-state index >= 15 is 0 Å². The minimum absolute atomic E-state index is 0.0650. The summed E-state index contributed by atoms with van der Waals surface area (Å²) in [5.41, 5.74) is -3.78. The topological polar surface area (TPSA) is 26.3 Å². The highest BCUT2D eigenvalue weighted by Gasteiger charge is 2.31. The molecule has 0 radical (unpaired) electrons. The molecule has 1 aromatic carbocycles. The third-order valence-electron chi connectivity index (χ3n) is 1.77. The molecule has 0 atom stereocenters. The molecule has 1 aromatic rings. The number of thioether (sulfide) groups is 1. The molecule has 0 saturated carbocycles. The van der Waals surface area contributed by atoms with Gasteiger partial charge in [-0.2, -0.15) is 13.2 Å². The normalized spacial score (nSPS) is 11.3. The summed E-state index contributed by atoms with van der Waals surface area (Å²) in [6.45, 7) is 1.69. The van der Waals surface area contributed by atoms with Crippen molar-refractivity contribution in [3.05, 3.63) is 29.3 Å². The summed E-state index contributed by atoms with van der Waals surface area (Å²) in [7, 11) is 1.13. The largest absolute Gasteiger partial charge is 0.465 e. The number of carbonyl (C=O) groups excluding carboxylic acids is 1. The molecule has 0 N–H and O–H groups in total. The minimum atomic E-state index is -4.42. The lowest BCUT2D eigenvalue weighted by Crippen LogP contribution is -2.07. The Kier molecular flexibility index (Phi) is 3.85. The third-order valence-corrected chi connectivity index (χ3v) is 2.57. The van der Waals surface area contributed by atoms with E-state index in [2.05, 4.69) is 4.74 Å². The zero-order valence-corrected chi connectivity index (χ0v) is 9.41. The molecule has 0 fully saturated rings. The minimum Gasteiger partial charge on any atom is -0.465 e. The quantitative estimate of drug-likeness (QED) is 0.594. The molecular formula is C10H9F3O2S. The zero-order valence-electron chi connectivity index (χ0n) is 8.59. The highest BCUT2D eigenvalue weighted by molar-refractivity contribution is 8.00. The fourth-order valence-electron chi connectivity index (χ4n) is 1.13. The van der Waals surface area contributed by atoms with Gasteiger partial charge in [-0.15, -0.1) is 0 Å². The van der Waals surface area contributed by atoms with E-state index in [1.807, 2.05) is 0 Å². The standard InChI is InChI=1S/C10H9F3O2S/c1-6-3-4-8(16-10(11,12)13)7(5-6)9(14)15-2/h3-5H,1-2H3. The van der Waals surface area contributed by atoms with Crippen molar-refractivity contribution in [2.75, 3.05) is 7.11 Å². The lowest BCUT2D eigenvalue weighted by atomic mass is 10.1. The van der Waals surface area contributed by atoms with Crippen LogP contribution in [0.5, 0.6) is 0 Å². The van der Waals surface area contributed by atoms with Crippen molar-refractivity contribution in [2.45, 2.75) is 17.3 Å². The van der Waals surface area contributed by atoms with Crippen LogP contribution < -0.4 is 0 Å². The van der Waals surface area contributed by atoms with Crippen molar-refractivity contribution < 1.29 is 22.7 Å². The monoisotopic (exact) mass is 250 g/mol. The smallest absolute Gasteiger partial charge is 0.446 e. The van der Waals surface area contributed by atoms with Crippen LogP contribution in [0.15, 0.2) is 23.1 Å². The number of aryl methyl sites for hydroxylation is 1. The van der Waals surface area contributed by atoms with Crippen molar-refractivity contribution >= 4 is 17.7 Å². The third kappa shape index (κ3) is 3.44. The number of hydrogen-bond donors (Lipinski definition) is 0. The first-order valence-electron chi connectivity index (χ1n) is 4.28. The summed E-state index contributed by atoms with van der Waals surface area (Å²) in [4.78, 5) is 11.1. The number of hydrogen-bond acceptors (Lipinski definition) is 3. The van der Waals surface area contributed by atoms with Crippen molar-refractivity contribution in [2.24, 2.45) is 0 Å². The fourth-order valence-corrected chi connectivity index (χ4v) is 1.76. The van der Waals surface area contributed by atoms with Crippen molar-refractivity contribution in [3.63, 3.8) is 0 Å². The van der Waals surface area contributed by atoms with Crippen LogP contribution in [0.2, 0.25) is 0 Å². The van der Waals surface area contributed by atoms with Crippen molar-refractivity contribution in [1.29, 1.82) is 0 Å². The number of esters is 1. The van der Waals surface area contributed by atoms with E-state index in [9.17, 15) is 18.0 Å². The molecule has 0 heterocycles. The molecule has 6 heteroatoms. The second kappa shape index (κ2) is 4.78. The van der Waals surface area contributed by atoms with Crippen LogP contribution >= 0.6 is 11.8 Å². The SMILES string of the molecule is COC(=O)c1cc(C)ccc1SC(F)(F)F. The molecule has 0 aliphatic heterocycles. The number of carbonyl (C=O) groups is 1. The fraction of sp³-hybridized carbons (Fsp3) is 0.300. The van der Waals surface area contributed by atoms with Crippen molar-refractivity contribution in [1.82, 2.24) is 0 Å². The number of rotatable bonds is 2. The van der Waals surface area contributed by atoms with Crippen molar-refractivity contribution in [3.8, 4) is 0 Å². The van der Waals surface area contributed by atoms with E-state index < -0.39 is 11.5 Å². The van der Waals surface area contributed by atoms with E-state index in [0.29, 0.717) is 5.56 Å². The molecular weight excluding hydrogens is 241 g/mol. The average Bonchev–Trinajstić information content (AvgIpc) is 2.17. The summed E-state index contributed by atoms with van der Waals surface area (Å²) in [6, 6.07) is 4.15. The van der Waals surface area contributed by atoms with Gasteiger partial charge in [0.05, 0.1) is 12.7 Å². The average molecular weight is 250 g/mol. The molecule has 88 valence electrons. The molecule has 0 saturated heterocycles. The maximum atomic E-state index is 12.2. The predicted octanol–water partition coefficient (Wildman–Crippen LogP) is 3.39. The van der Waals surface area contributed by atoms with Gasteiger partial charge in [-0.25, -0.2) is 4.79 Å². The van der Waals surface area contributed by atoms with E-state index in [1.165, 1.54) is 18.2 Å². The summed E-state index contributed by atoms with van der Waals surface area (Å²) in [5.74, 6) is -0.768. The van der Waals surface area contributed by atoms with Crippen LogP contribution in [0.3, 0.4) is 0 Å². The van der Waals surface area contributed by atoms with E-state index in [0.717, 1.165) is 7.11 Å². The number of benzene rings is 1. The summed E-state index contributed by atoms with van der Waals surface area (Å²) in [6.07, 6.45) is 0. The first-order chi connectivity index (χ1) is 7.33. The molecule has 0 bridgehead atoms. The Balaban J connectivity index is 3.13. The first-order valence-corrected chi connectivity index (χ1v) is 5.10. The maximum Gasteiger partial charge on any atom is 0.446 e. The van der Waals surface area contributed by atoms with Crippen LogP contribution in [0.25, 0.3) is 0 Å². The highest BCUT2D eigenvalue weighted by Crippen LogP contribution is 2.38. The van der Waals surface area contributed by atoms with Gasteiger partial charge in [0, 0.05) is 4.90 Å². The highest BCUT2D eigenvalue weighted by atomic mass is 32.2. The molecule has 1 rings (SSSR count). The Morgan fingerprint density at radius 3 is 2.50 bits per heavy atom. The number of methoxy groups -OCH3 is 1. The Morgan fingerprint density at radius 1 is 1.38 bits per heavy atom. The summed E-state index contributed by atoms with van der Waals surface area (Å²) >= 11 is -0.321. The van der Waals surface area contributed by atoms with Crippen LogP contribution in [0, 0.1) is 6.92 Å². The maximum absolute atomic E-state index is 12.2. The van der Waals surface area contributed by atoms with E-state index in [-0.39, 0.29) is 22.2 Å². The molecule has 16 heavy (non-hydrogen) atoms. The molecule has 0 unspecified atom stereocenters. The molecule has 0 spiro atoms. The second-order valence-corrected chi connectivity index (χ2v) is 4.15. The Bertz CT molecular complexity index is 402. The van der Waals surface area contributed by atoms with Gasteiger partial charge in [-0.1, -0.05) is 11.6 Å². The van der Waals surface area contributed by atoms with Crippen LogP contribution in [0.4, 0.5) is 13.2 Å². The van der Waals surface area contributed by atoms with Crippen LogP contribution in [-0.4, -0.2) is 18.6 Å². The lowest BCUT2D eigenvalue weighted by Gasteiger charge is -2.10. The Labute approximate surface area is 94.8 Å². The second-order valence-electron chi connectivity index (χ2n) is 3.04. The van der Waals surface area contributed by atoms with Crippen LogP contribution in [-0.2, 0) is 4.74 Å². The molecule has 0 aromatic heterocycles. The Morgan fingerprint density at radius 2 is 2.00 bits per heavy atom. The van der Waals surface area contributed by atoms with Gasteiger partial charge >= 0.3 is 11.5 Å². The van der Waals surface area contributed by atoms with Crippen LogP contribution in [0.1, 0.15) is 15.9 Å². The van der Waals surface area contributed by atoms with Gasteiger partial charge in [-0.3, -0.25) is 0 Å². The number of ether oxygens (including phenoxy) is 1. The lowest BCUT2D eigenvalue weighted by molar-refractivity contribution is -0.0328. The predicted molar refractivity (Wildman–Crippen MR) is 54.4 cm³/mol. The molecule has 0 amide bonds. The van der Waals surface area contributed by atoms with Gasteiger partial charge in [0.25, 0.3) is 0 Å². The Hall–Kier alpha value is -1.17. The van der Waals surface area contributed by atoms with Gasteiger partial charge in [0.15, 0.2) is 0 Å². The summed E-state index contributed by atoms with van der Waals surface area (Å²) in [5, 5.41) is 0. The van der Waals surface area contributed by atoms with Gasteiger partial charge in [0.2, 0.25) is 0 Å². The van der Waals surface area contributed by atoms with E-state index in [4.69, 9.17) is 0 Å². The summed E-state index contributed by atoms with van der Waals surface area (Å²) < 4.78 is 41.0. The zero-order chi connectivity index (χ0) is 12.3. The van der Waals surface area contributed by atoms with E-state index in [1.54, 1.807) is 6.92 Å². The van der Waals surface area contributed by atoms with Gasteiger partial charge < -0.3 is 4.74 Å². The first kappa shape index (κ1) is 12.9. The molecule has 0 aliphatic rings. The van der Waals surface area contributed by atoms with Gasteiger partial charge in [0.1, 0.15) is 0 Å². The van der Waals surface area contributed by atoms with Gasteiger partial charge in [-0.05, 0) is 30.8 Å². The molecule has 0 aliphatic carbocycles. The molecule has 2 nitrogen and oxygen atoms in total.